The zero-order chi connectivity index (χ0) is 21.3. The number of anilines is 1. The van der Waals surface area contributed by atoms with Gasteiger partial charge < -0.3 is 9.64 Å². The van der Waals surface area contributed by atoms with Gasteiger partial charge in [-0.3, -0.25) is 9.69 Å². The van der Waals surface area contributed by atoms with E-state index in [1.54, 1.807) is 30.5 Å². The van der Waals surface area contributed by atoms with E-state index in [0.29, 0.717) is 23.5 Å². The third-order valence-corrected chi connectivity index (χ3v) is 6.67. The molecule has 0 N–H and O–H groups in total. The van der Waals surface area contributed by atoms with Gasteiger partial charge in [0.15, 0.2) is 0 Å². The van der Waals surface area contributed by atoms with Crippen molar-refractivity contribution in [3.63, 3.8) is 0 Å². The summed E-state index contributed by atoms with van der Waals surface area (Å²) >= 11 is 6.49. The monoisotopic (exact) mass is 430 g/mol. The highest BCUT2D eigenvalue weighted by molar-refractivity contribution is 6.33. The van der Waals surface area contributed by atoms with Crippen molar-refractivity contribution in [1.82, 2.24) is 14.7 Å². The summed E-state index contributed by atoms with van der Waals surface area (Å²) < 4.78 is 5.98. The van der Waals surface area contributed by atoms with E-state index in [2.05, 4.69) is 21.8 Å². The Kier molecular flexibility index (Phi) is 6.11. The standard InChI is InChI=1S/C22H27ClN4O3/c1-15-6-5-11-26(15)16-9-12-25(13-10-16)19-14-24-27(21(28)20(19)23)18-8-4-3-7-17(18)22(29)30-2/h3-4,7-8,14-16H,5-6,9-13H2,1-2H3. The zero-order valence-corrected chi connectivity index (χ0v) is 18.1. The molecule has 1 atom stereocenters. The summed E-state index contributed by atoms with van der Waals surface area (Å²) in [5, 5.41) is 4.45. The van der Waals surface area contributed by atoms with Crippen LogP contribution in [0.15, 0.2) is 35.3 Å². The van der Waals surface area contributed by atoms with Gasteiger partial charge in [0.1, 0.15) is 5.02 Å². The summed E-state index contributed by atoms with van der Waals surface area (Å²) in [6.45, 7) is 5.19. The molecule has 30 heavy (non-hydrogen) atoms. The van der Waals surface area contributed by atoms with E-state index in [4.69, 9.17) is 16.3 Å². The average molecular weight is 431 g/mol. The summed E-state index contributed by atoms with van der Waals surface area (Å²) in [5.41, 5.74) is 0.825. The number of rotatable bonds is 4. The van der Waals surface area contributed by atoms with E-state index in [9.17, 15) is 9.59 Å². The maximum atomic E-state index is 13.0. The van der Waals surface area contributed by atoms with Gasteiger partial charge in [0, 0.05) is 25.2 Å². The molecule has 0 aliphatic carbocycles. The Morgan fingerprint density at radius 3 is 2.53 bits per heavy atom. The lowest BCUT2D eigenvalue weighted by Gasteiger charge is -2.39. The number of nitrogens with zero attached hydrogens (tertiary/aromatic N) is 4. The normalized spacial score (nSPS) is 20.5. The molecule has 160 valence electrons. The number of hydrogen-bond donors (Lipinski definition) is 0. The lowest BCUT2D eigenvalue weighted by atomic mass is 10.0. The fourth-order valence-corrected chi connectivity index (χ4v) is 4.94. The molecule has 1 unspecified atom stereocenters. The van der Waals surface area contributed by atoms with E-state index in [1.165, 1.54) is 26.5 Å². The summed E-state index contributed by atoms with van der Waals surface area (Å²) in [7, 11) is 1.30. The second kappa shape index (κ2) is 8.78. The van der Waals surface area contributed by atoms with Crippen LogP contribution in [0.1, 0.15) is 43.0 Å². The quantitative estimate of drug-likeness (QED) is 0.694. The van der Waals surface area contributed by atoms with Gasteiger partial charge >= 0.3 is 5.97 Å². The minimum Gasteiger partial charge on any atom is -0.465 e. The third-order valence-electron chi connectivity index (χ3n) is 6.32. The van der Waals surface area contributed by atoms with Gasteiger partial charge in [-0.05, 0) is 51.3 Å². The first-order chi connectivity index (χ1) is 14.5. The summed E-state index contributed by atoms with van der Waals surface area (Å²) in [6, 6.07) is 7.95. The maximum Gasteiger partial charge on any atom is 0.340 e. The summed E-state index contributed by atoms with van der Waals surface area (Å²) in [6.07, 6.45) is 6.28. The Labute approximate surface area is 181 Å². The molecule has 0 spiro atoms. The average Bonchev–Trinajstić information content (AvgIpc) is 3.21. The number of hydrogen-bond acceptors (Lipinski definition) is 6. The van der Waals surface area contributed by atoms with Crippen LogP contribution >= 0.6 is 11.6 Å². The van der Waals surface area contributed by atoms with Gasteiger partial charge in [0.2, 0.25) is 0 Å². The van der Waals surface area contributed by atoms with Crippen LogP contribution in [0.3, 0.4) is 0 Å². The van der Waals surface area contributed by atoms with Gasteiger partial charge in [-0.15, -0.1) is 0 Å². The molecule has 8 heteroatoms. The Hall–Kier alpha value is -2.38. The lowest BCUT2D eigenvalue weighted by molar-refractivity contribution is 0.0600. The van der Waals surface area contributed by atoms with Crippen molar-refractivity contribution in [3.05, 3.63) is 51.4 Å². The highest BCUT2D eigenvalue weighted by Gasteiger charge is 2.31. The molecule has 2 aromatic rings. The molecule has 0 amide bonds. The summed E-state index contributed by atoms with van der Waals surface area (Å²) in [5.74, 6) is -0.530. The van der Waals surface area contributed by atoms with Crippen LogP contribution in [0, 0.1) is 0 Å². The molecular weight excluding hydrogens is 404 g/mol. The predicted molar refractivity (Wildman–Crippen MR) is 117 cm³/mol. The number of ether oxygens (including phenoxy) is 1. The molecule has 2 fully saturated rings. The van der Waals surface area contributed by atoms with Crippen LogP contribution in [-0.2, 0) is 4.74 Å². The molecule has 2 aliphatic rings. The van der Waals surface area contributed by atoms with Crippen molar-refractivity contribution in [1.29, 1.82) is 0 Å². The van der Waals surface area contributed by atoms with Crippen molar-refractivity contribution in [2.45, 2.75) is 44.7 Å². The highest BCUT2D eigenvalue weighted by Crippen LogP contribution is 2.30. The van der Waals surface area contributed by atoms with Crippen LogP contribution in [0.4, 0.5) is 5.69 Å². The fourth-order valence-electron chi connectivity index (χ4n) is 4.69. The zero-order valence-electron chi connectivity index (χ0n) is 17.4. The minimum atomic E-state index is -0.530. The maximum absolute atomic E-state index is 13.0. The van der Waals surface area contributed by atoms with E-state index >= 15 is 0 Å². The van der Waals surface area contributed by atoms with Crippen molar-refractivity contribution in [2.24, 2.45) is 0 Å². The van der Waals surface area contributed by atoms with E-state index in [-0.39, 0.29) is 10.6 Å². The van der Waals surface area contributed by atoms with Crippen molar-refractivity contribution >= 4 is 23.3 Å². The van der Waals surface area contributed by atoms with Crippen LogP contribution in [0.2, 0.25) is 5.02 Å². The number of aromatic nitrogens is 2. The Morgan fingerprint density at radius 2 is 1.87 bits per heavy atom. The smallest absolute Gasteiger partial charge is 0.340 e. The largest absolute Gasteiger partial charge is 0.465 e. The molecule has 3 heterocycles. The number of halogens is 1. The number of methoxy groups -OCH3 is 1. The number of para-hydroxylation sites is 1. The predicted octanol–water partition coefficient (Wildman–Crippen LogP) is 3.13. The first kappa shape index (κ1) is 20.9. The SMILES string of the molecule is COC(=O)c1ccccc1-n1ncc(N2CCC(N3CCCC3C)CC2)c(Cl)c1=O. The molecule has 2 saturated heterocycles. The number of carbonyl (C=O) groups excluding carboxylic acids is 1. The lowest BCUT2D eigenvalue weighted by Crippen LogP contribution is -2.46. The number of likely N-dealkylation sites (tertiary alicyclic amines) is 1. The molecule has 1 aromatic heterocycles. The van der Waals surface area contributed by atoms with Crippen molar-refractivity contribution in [2.75, 3.05) is 31.6 Å². The first-order valence-corrected chi connectivity index (χ1v) is 10.8. The minimum absolute atomic E-state index is 0.123. The highest BCUT2D eigenvalue weighted by atomic mass is 35.5. The second-order valence-electron chi connectivity index (χ2n) is 8.02. The Balaban J connectivity index is 1.56. The van der Waals surface area contributed by atoms with E-state index in [0.717, 1.165) is 30.6 Å². The molecule has 2 aliphatic heterocycles. The van der Waals surface area contributed by atoms with Crippen molar-refractivity contribution in [3.8, 4) is 5.69 Å². The van der Waals surface area contributed by atoms with Crippen LogP contribution in [0.25, 0.3) is 5.69 Å². The second-order valence-corrected chi connectivity index (χ2v) is 8.39. The topological polar surface area (TPSA) is 67.7 Å². The van der Waals surface area contributed by atoms with Gasteiger partial charge in [-0.25, -0.2) is 4.79 Å². The van der Waals surface area contributed by atoms with E-state index < -0.39 is 11.5 Å². The van der Waals surface area contributed by atoms with Crippen LogP contribution in [0.5, 0.6) is 0 Å². The Morgan fingerprint density at radius 1 is 1.13 bits per heavy atom. The van der Waals surface area contributed by atoms with Crippen molar-refractivity contribution < 1.29 is 9.53 Å². The van der Waals surface area contributed by atoms with Gasteiger partial charge in [-0.2, -0.15) is 9.78 Å². The van der Waals surface area contributed by atoms with Gasteiger partial charge in [-0.1, -0.05) is 23.7 Å². The molecule has 0 bridgehead atoms. The molecule has 0 saturated carbocycles. The number of esters is 1. The van der Waals surface area contributed by atoms with Gasteiger partial charge in [0.25, 0.3) is 5.56 Å². The molecule has 4 rings (SSSR count). The number of piperidine rings is 1. The number of carbonyl (C=O) groups is 1. The van der Waals surface area contributed by atoms with Gasteiger partial charge in [0.05, 0.1) is 30.2 Å². The van der Waals surface area contributed by atoms with E-state index in [1.807, 2.05) is 0 Å². The summed E-state index contributed by atoms with van der Waals surface area (Å²) in [4.78, 5) is 29.8. The fraction of sp³-hybridized carbons (Fsp3) is 0.500. The molecule has 0 radical (unpaired) electrons. The number of benzene rings is 1. The first-order valence-electron chi connectivity index (χ1n) is 10.5. The van der Waals surface area contributed by atoms with Crippen LogP contribution in [-0.4, -0.2) is 59.5 Å². The molecular formula is C22H27ClN4O3. The molecule has 1 aromatic carbocycles. The Bertz CT molecular complexity index is 985. The molecule has 7 nitrogen and oxygen atoms in total. The van der Waals surface area contributed by atoms with Crippen LogP contribution < -0.4 is 10.5 Å². The third kappa shape index (κ3) is 3.84.